The predicted molar refractivity (Wildman–Crippen MR) is 100 cm³/mol. The number of rotatable bonds is 3. The molecule has 0 radical (unpaired) electrons. The minimum absolute atomic E-state index is 0.0585. The number of carbonyl (C=O) groups is 1. The third kappa shape index (κ3) is 3.48. The van der Waals surface area contributed by atoms with Crippen LogP contribution < -0.4 is 0 Å². The first-order valence-corrected chi connectivity index (χ1v) is 9.64. The number of aromatic nitrogens is 2. The molecule has 0 aliphatic carbocycles. The van der Waals surface area contributed by atoms with Crippen molar-refractivity contribution in [2.75, 3.05) is 26.2 Å². The summed E-state index contributed by atoms with van der Waals surface area (Å²) in [5, 5.41) is 0. The number of aryl methyl sites for hydroxylation is 1. The van der Waals surface area contributed by atoms with Crippen LogP contribution in [0.4, 0.5) is 0 Å². The van der Waals surface area contributed by atoms with E-state index in [1.807, 2.05) is 40.8 Å². The van der Waals surface area contributed by atoms with Gasteiger partial charge in [0.2, 0.25) is 0 Å². The van der Waals surface area contributed by atoms with Crippen LogP contribution in [0, 0.1) is 6.92 Å². The molecule has 2 aliphatic heterocycles. The van der Waals surface area contributed by atoms with Crippen LogP contribution in [0.5, 0.6) is 0 Å². The standard InChI is InChI=1S/C20H28N4O2/c1-14-6-8-23-13-18(21-19(23)9-14)20(25)24-7-4-5-17(24)12-22-10-15(2)26-16(3)11-22/h6,8-9,13,15-17H,4-5,7,10-12H2,1-3H3/t15-,16+,17-/m0/s1. The predicted octanol–water partition coefficient (Wildman–Crippen LogP) is 2.36. The van der Waals surface area contributed by atoms with Gasteiger partial charge in [0.15, 0.2) is 0 Å². The third-order valence-electron chi connectivity index (χ3n) is 5.44. The van der Waals surface area contributed by atoms with Crippen LogP contribution in [0.2, 0.25) is 0 Å². The van der Waals surface area contributed by atoms with Crippen LogP contribution in [0.1, 0.15) is 42.7 Å². The maximum atomic E-state index is 13.1. The molecule has 26 heavy (non-hydrogen) atoms. The van der Waals surface area contributed by atoms with E-state index < -0.39 is 0 Å². The van der Waals surface area contributed by atoms with Gasteiger partial charge in [-0.2, -0.15) is 0 Å². The summed E-state index contributed by atoms with van der Waals surface area (Å²) in [6.07, 6.45) is 6.46. The SMILES string of the molecule is Cc1ccn2cc(C(=O)N3CCC[C@H]3CN3C[C@@H](C)O[C@@H](C)C3)nc2c1. The Balaban J connectivity index is 1.49. The lowest BCUT2D eigenvalue weighted by Gasteiger charge is -2.38. The Bertz CT molecular complexity index is 792. The summed E-state index contributed by atoms with van der Waals surface area (Å²) in [6, 6.07) is 4.31. The van der Waals surface area contributed by atoms with Gasteiger partial charge < -0.3 is 14.0 Å². The molecule has 0 saturated carbocycles. The lowest BCUT2D eigenvalue weighted by Crippen LogP contribution is -2.51. The molecule has 1 amide bonds. The second kappa shape index (κ2) is 7.00. The first-order valence-electron chi connectivity index (χ1n) is 9.64. The number of pyridine rings is 1. The van der Waals surface area contributed by atoms with Crippen molar-refractivity contribution >= 4 is 11.6 Å². The fourth-order valence-corrected chi connectivity index (χ4v) is 4.36. The zero-order chi connectivity index (χ0) is 18.3. The fraction of sp³-hybridized carbons (Fsp3) is 0.600. The molecule has 2 aromatic heterocycles. The highest BCUT2D eigenvalue weighted by atomic mass is 16.5. The molecular formula is C20H28N4O2. The Kier molecular flexibility index (Phi) is 4.71. The van der Waals surface area contributed by atoms with E-state index in [4.69, 9.17) is 4.74 Å². The quantitative estimate of drug-likeness (QED) is 0.847. The average Bonchev–Trinajstić information content (AvgIpc) is 3.19. The van der Waals surface area contributed by atoms with E-state index >= 15 is 0 Å². The Hall–Kier alpha value is -1.92. The summed E-state index contributed by atoms with van der Waals surface area (Å²) in [5.41, 5.74) is 2.53. The number of hydrogen-bond donors (Lipinski definition) is 0. The van der Waals surface area contributed by atoms with Crippen LogP contribution >= 0.6 is 0 Å². The molecule has 4 rings (SSSR count). The van der Waals surface area contributed by atoms with Crippen molar-refractivity contribution < 1.29 is 9.53 Å². The monoisotopic (exact) mass is 356 g/mol. The summed E-state index contributed by atoms with van der Waals surface area (Å²) in [6.45, 7) is 9.92. The number of carbonyl (C=O) groups excluding carboxylic acids is 1. The highest BCUT2D eigenvalue weighted by molar-refractivity contribution is 5.93. The summed E-state index contributed by atoms with van der Waals surface area (Å²) in [4.78, 5) is 22.1. The molecule has 2 aliphatic rings. The van der Waals surface area contributed by atoms with E-state index in [1.54, 1.807) is 0 Å². The Morgan fingerprint density at radius 2 is 2.08 bits per heavy atom. The number of likely N-dealkylation sites (tertiary alicyclic amines) is 1. The van der Waals surface area contributed by atoms with Gasteiger partial charge in [-0.25, -0.2) is 4.98 Å². The van der Waals surface area contributed by atoms with Crippen LogP contribution in [0.3, 0.4) is 0 Å². The smallest absolute Gasteiger partial charge is 0.274 e. The molecule has 0 unspecified atom stereocenters. The van der Waals surface area contributed by atoms with Crippen LogP contribution in [-0.2, 0) is 4.74 Å². The fourth-order valence-electron chi connectivity index (χ4n) is 4.36. The summed E-state index contributed by atoms with van der Waals surface area (Å²) in [5.74, 6) is 0.0585. The number of amides is 1. The Morgan fingerprint density at radius 1 is 1.31 bits per heavy atom. The highest BCUT2D eigenvalue weighted by Gasteiger charge is 2.33. The van der Waals surface area contributed by atoms with E-state index in [0.717, 1.165) is 50.2 Å². The van der Waals surface area contributed by atoms with Crippen molar-refractivity contribution in [3.8, 4) is 0 Å². The minimum atomic E-state index is 0.0585. The van der Waals surface area contributed by atoms with Crippen molar-refractivity contribution in [1.82, 2.24) is 19.2 Å². The molecule has 4 heterocycles. The van der Waals surface area contributed by atoms with E-state index in [9.17, 15) is 4.79 Å². The lowest BCUT2D eigenvalue weighted by molar-refractivity contribution is -0.0715. The molecule has 6 nitrogen and oxygen atoms in total. The second-order valence-electron chi connectivity index (χ2n) is 7.87. The minimum Gasteiger partial charge on any atom is -0.373 e. The van der Waals surface area contributed by atoms with E-state index in [0.29, 0.717) is 5.69 Å². The summed E-state index contributed by atoms with van der Waals surface area (Å²) in [7, 11) is 0. The van der Waals surface area contributed by atoms with Gasteiger partial charge in [-0.1, -0.05) is 0 Å². The summed E-state index contributed by atoms with van der Waals surface area (Å²) < 4.78 is 7.76. The molecule has 2 aromatic rings. The number of ether oxygens (including phenoxy) is 1. The van der Waals surface area contributed by atoms with Crippen LogP contribution in [0.15, 0.2) is 24.5 Å². The largest absolute Gasteiger partial charge is 0.373 e. The van der Waals surface area contributed by atoms with Crippen molar-refractivity contribution in [1.29, 1.82) is 0 Å². The first-order chi connectivity index (χ1) is 12.5. The normalized spacial score (nSPS) is 27.3. The number of hydrogen-bond acceptors (Lipinski definition) is 4. The molecule has 0 spiro atoms. The van der Waals surface area contributed by atoms with Crippen molar-refractivity contribution in [2.45, 2.75) is 51.9 Å². The molecule has 2 saturated heterocycles. The number of nitrogens with zero attached hydrogens (tertiary/aromatic N) is 4. The number of imidazole rings is 1. The van der Waals surface area contributed by atoms with Gasteiger partial charge in [0, 0.05) is 44.6 Å². The van der Waals surface area contributed by atoms with Crippen LogP contribution in [-0.4, -0.2) is 69.5 Å². The van der Waals surface area contributed by atoms with Gasteiger partial charge in [0.1, 0.15) is 11.3 Å². The zero-order valence-electron chi connectivity index (χ0n) is 15.9. The molecular weight excluding hydrogens is 328 g/mol. The van der Waals surface area contributed by atoms with E-state index in [1.165, 1.54) is 0 Å². The Labute approximate surface area is 154 Å². The molecule has 0 aromatic carbocycles. The van der Waals surface area contributed by atoms with Gasteiger partial charge in [-0.05, 0) is 51.3 Å². The summed E-state index contributed by atoms with van der Waals surface area (Å²) >= 11 is 0. The first kappa shape index (κ1) is 17.5. The van der Waals surface area contributed by atoms with Crippen molar-refractivity contribution in [2.24, 2.45) is 0 Å². The van der Waals surface area contributed by atoms with E-state index in [2.05, 4.69) is 23.7 Å². The van der Waals surface area contributed by atoms with Crippen molar-refractivity contribution in [3.05, 3.63) is 35.8 Å². The molecule has 6 heteroatoms. The Morgan fingerprint density at radius 3 is 2.85 bits per heavy atom. The third-order valence-corrected chi connectivity index (χ3v) is 5.44. The molecule has 2 fully saturated rings. The van der Waals surface area contributed by atoms with Crippen molar-refractivity contribution in [3.63, 3.8) is 0 Å². The van der Waals surface area contributed by atoms with Gasteiger partial charge in [0.05, 0.1) is 12.2 Å². The van der Waals surface area contributed by atoms with Gasteiger partial charge in [-0.3, -0.25) is 9.69 Å². The average molecular weight is 356 g/mol. The molecule has 0 bridgehead atoms. The highest BCUT2D eigenvalue weighted by Crippen LogP contribution is 2.23. The van der Waals surface area contributed by atoms with Gasteiger partial charge >= 0.3 is 0 Å². The molecule has 0 N–H and O–H groups in total. The second-order valence-corrected chi connectivity index (χ2v) is 7.87. The van der Waals surface area contributed by atoms with Crippen LogP contribution in [0.25, 0.3) is 5.65 Å². The lowest BCUT2D eigenvalue weighted by atomic mass is 10.1. The maximum absolute atomic E-state index is 13.1. The molecule has 140 valence electrons. The number of fused-ring (bicyclic) bond motifs is 1. The molecule has 3 atom stereocenters. The zero-order valence-corrected chi connectivity index (χ0v) is 15.9. The maximum Gasteiger partial charge on any atom is 0.274 e. The number of morpholine rings is 1. The van der Waals surface area contributed by atoms with E-state index in [-0.39, 0.29) is 24.2 Å². The van der Waals surface area contributed by atoms with Gasteiger partial charge in [-0.15, -0.1) is 0 Å². The topological polar surface area (TPSA) is 50.1 Å². The van der Waals surface area contributed by atoms with Gasteiger partial charge in [0.25, 0.3) is 5.91 Å².